The molecule has 1 aromatic carbocycles. The lowest BCUT2D eigenvalue weighted by atomic mass is 10.1. The van der Waals surface area contributed by atoms with Crippen molar-refractivity contribution in [2.24, 2.45) is 10.9 Å². The highest BCUT2D eigenvalue weighted by molar-refractivity contribution is 5.96. The molecule has 0 saturated carbocycles. The molecule has 0 aliphatic carbocycles. The van der Waals surface area contributed by atoms with Crippen LogP contribution in [0, 0.1) is 0 Å². The van der Waals surface area contributed by atoms with E-state index in [0.717, 1.165) is 17.7 Å². The number of oxime groups is 1. The lowest BCUT2D eigenvalue weighted by Crippen LogP contribution is -2.18. The molecule has 0 aliphatic rings. The molecule has 0 atom stereocenters. The Bertz CT molecular complexity index is 610. The Morgan fingerprint density at radius 2 is 2.00 bits per heavy atom. The summed E-state index contributed by atoms with van der Waals surface area (Å²) in [7, 11) is 0. The maximum absolute atomic E-state index is 8.78. The average molecular weight is 270 g/mol. The molecule has 0 bridgehead atoms. The van der Waals surface area contributed by atoms with Crippen LogP contribution in [0.5, 0.6) is 0 Å². The zero-order valence-corrected chi connectivity index (χ0v) is 11.4. The Morgan fingerprint density at radius 1 is 1.25 bits per heavy atom. The highest BCUT2D eigenvalue weighted by atomic mass is 16.4. The first-order valence-corrected chi connectivity index (χ1v) is 6.49. The lowest BCUT2D eigenvalue weighted by Gasteiger charge is -2.12. The number of nitrogens with one attached hydrogen (secondary N) is 1. The molecular formula is C15H18N4O. The van der Waals surface area contributed by atoms with E-state index in [2.05, 4.69) is 28.4 Å². The van der Waals surface area contributed by atoms with Crippen molar-refractivity contribution in [1.82, 2.24) is 4.98 Å². The maximum Gasteiger partial charge on any atom is 0.189 e. The van der Waals surface area contributed by atoms with Gasteiger partial charge in [0.15, 0.2) is 5.84 Å². The monoisotopic (exact) mass is 270 g/mol. The van der Waals surface area contributed by atoms with Gasteiger partial charge in [0.25, 0.3) is 0 Å². The van der Waals surface area contributed by atoms with E-state index in [0.29, 0.717) is 12.2 Å². The average Bonchev–Trinajstić information content (AvgIpc) is 2.52. The molecule has 4 N–H and O–H groups in total. The summed E-state index contributed by atoms with van der Waals surface area (Å²) >= 11 is 0. The minimum absolute atomic E-state index is 0.0196. The number of nitrogens with two attached hydrogens (primary N) is 1. The smallest absolute Gasteiger partial charge is 0.189 e. The number of aryl methyl sites for hydroxylation is 1. The number of nitrogens with zero attached hydrogens (tertiary/aromatic N) is 2. The largest absolute Gasteiger partial charge is 0.409 e. The first-order chi connectivity index (χ1) is 9.76. The van der Waals surface area contributed by atoms with Crippen molar-refractivity contribution in [2.45, 2.75) is 19.9 Å². The van der Waals surface area contributed by atoms with Gasteiger partial charge in [0, 0.05) is 24.0 Å². The van der Waals surface area contributed by atoms with E-state index in [1.54, 1.807) is 6.20 Å². The molecule has 2 aromatic rings. The number of rotatable bonds is 5. The summed E-state index contributed by atoms with van der Waals surface area (Å²) in [5.41, 5.74) is 9.35. The quantitative estimate of drug-likeness (QED) is 0.337. The second-order valence-corrected chi connectivity index (χ2v) is 4.36. The van der Waals surface area contributed by atoms with Crippen molar-refractivity contribution in [1.29, 1.82) is 0 Å². The summed E-state index contributed by atoms with van der Waals surface area (Å²) in [6, 6.07) is 11.9. The summed E-state index contributed by atoms with van der Waals surface area (Å²) in [4.78, 5) is 4.15. The van der Waals surface area contributed by atoms with Crippen molar-refractivity contribution >= 4 is 11.5 Å². The third kappa shape index (κ3) is 3.06. The summed E-state index contributed by atoms with van der Waals surface area (Å²) in [6.07, 6.45) is 2.58. The molecule has 20 heavy (non-hydrogen) atoms. The van der Waals surface area contributed by atoms with E-state index < -0.39 is 0 Å². The van der Waals surface area contributed by atoms with E-state index in [4.69, 9.17) is 10.9 Å². The first kappa shape index (κ1) is 13.9. The van der Waals surface area contributed by atoms with E-state index in [1.807, 2.05) is 30.3 Å². The molecule has 0 unspecified atom stereocenters. The first-order valence-electron chi connectivity index (χ1n) is 6.49. The molecule has 104 valence electrons. The van der Waals surface area contributed by atoms with Gasteiger partial charge in [-0.05, 0) is 24.1 Å². The van der Waals surface area contributed by atoms with Gasteiger partial charge in [-0.3, -0.25) is 4.98 Å². The van der Waals surface area contributed by atoms with Crippen LogP contribution < -0.4 is 11.1 Å². The van der Waals surface area contributed by atoms with Gasteiger partial charge in [0.05, 0.1) is 0 Å². The minimum Gasteiger partial charge on any atom is -0.409 e. The second-order valence-electron chi connectivity index (χ2n) is 4.36. The van der Waals surface area contributed by atoms with E-state index >= 15 is 0 Å². The van der Waals surface area contributed by atoms with Crippen LogP contribution in [0.4, 0.5) is 5.69 Å². The maximum atomic E-state index is 8.78. The Labute approximate surface area is 118 Å². The van der Waals surface area contributed by atoms with Crippen LogP contribution in [-0.2, 0) is 13.0 Å². The van der Waals surface area contributed by atoms with Crippen LogP contribution in [0.25, 0.3) is 0 Å². The Hall–Kier alpha value is -2.56. The van der Waals surface area contributed by atoms with E-state index in [9.17, 15) is 0 Å². The minimum atomic E-state index is 0.0196. The second kappa shape index (κ2) is 6.56. The highest BCUT2D eigenvalue weighted by Crippen LogP contribution is 2.17. The van der Waals surface area contributed by atoms with Crippen molar-refractivity contribution in [3.63, 3.8) is 0 Å². The third-order valence-corrected chi connectivity index (χ3v) is 3.11. The molecule has 1 heterocycles. The molecule has 0 amide bonds. The Kier molecular flexibility index (Phi) is 4.55. The van der Waals surface area contributed by atoms with Crippen molar-refractivity contribution in [3.8, 4) is 0 Å². The molecule has 0 aliphatic heterocycles. The van der Waals surface area contributed by atoms with Gasteiger partial charge in [0.2, 0.25) is 0 Å². The molecule has 0 fully saturated rings. The number of hydrogen-bond acceptors (Lipinski definition) is 4. The predicted octanol–water partition coefficient (Wildman–Crippen LogP) is 2.35. The summed E-state index contributed by atoms with van der Waals surface area (Å²) in [6.45, 7) is 2.68. The zero-order chi connectivity index (χ0) is 14.4. The number of amidine groups is 1. The molecule has 0 radical (unpaired) electrons. The Morgan fingerprint density at radius 3 is 2.75 bits per heavy atom. The Balaban J connectivity index is 2.19. The molecule has 0 spiro atoms. The fraction of sp³-hybridized carbons (Fsp3) is 0.200. The van der Waals surface area contributed by atoms with Crippen LogP contribution in [0.3, 0.4) is 0 Å². The highest BCUT2D eigenvalue weighted by Gasteiger charge is 2.08. The van der Waals surface area contributed by atoms with Crippen molar-refractivity contribution in [3.05, 3.63) is 59.4 Å². The van der Waals surface area contributed by atoms with Gasteiger partial charge >= 0.3 is 0 Å². The fourth-order valence-electron chi connectivity index (χ4n) is 2.05. The van der Waals surface area contributed by atoms with Crippen LogP contribution >= 0.6 is 0 Å². The molecule has 0 saturated heterocycles. The normalized spacial score (nSPS) is 11.3. The summed E-state index contributed by atoms with van der Waals surface area (Å²) in [5.74, 6) is 0.0196. The zero-order valence-electron chi connectivity index (χ0n) is 11.4. The van der Waals surface area contributed by atoms with E-state index in [-0.39, 0.29) is 5.84 Å². The van der Waals surface area contributed by atoms with Gasteiger partial charge < -0.3 is 16.3 Å². The number of aromatic nitrogens is 1. The number of anilines is 1. The lowest BCUT2D eigenvalue weighted by molar-refractivity contribution is 0.318. The van der Waals surface area contributed by atoms with Crippen LogP contribution in [-0.4, -0.2) is 16.0 Å². The predicted molar refractivity (Wildman–Crippen MR) is 79.9 cm³/mol. The van der Waals surface area contributed by atoms with E-state index in [1.165, 1.54) is 5.56 Å². The number of pyridine rings is 1. The van der Waals surface area contributed by atoms with Crippen LogP contribution in [0.2, 0.25) is 0 Å². The summed E-state index contributed by atoms with van der Waals surface area (Å²) < 4.78 is 0. The van der Waals surface area contributed by atoms with Gasteiger partial charge in [-0.1, -0.05) is 36.3 Å². The van der Waals surface area contributed by atoms with Gasteiger partial charge in [-0.15, -0.1) is 0 Å². The van der Waals surface area contributed by atoms with Gasteiger partial charge in [-0.2, -0.15) is 0 Å². The third-order valence-electron chi connectivity index (χ3n) is 3.11. The molecular weight excluding hydrogens is 252 g/mol. The molecule has 5 heteroatoms. The fourth-order valence-corrected chi connectivity index (χ4v) is 2.05. The molecule has 1 aromatic heterocycles. The topological polar surface area (TPSA) is 83.5 Å². The number of para-hydroxylation sites is 1. The van der Waals surface area contributed by atoms with Crippen molar-refractivity contribution in [2.75, 3.05) is 5.32 Å². The van der Waals surface area contributed by atoms with Gasteiger partial charge in [0.1, 0.15) is 5.69 Å². The number of hydrogen-bond donors (Lipinski definition) is 3. The SMILES string of the molecule is CCc1ccccc1NCc1cccnc1C(N)=NO. The molecule has 2 rings (SSSR count). The number of benzene rings is 1. The van der Waals surface area contributed by atoms with Gasteiger partial charge in [-0.25, -0.2) is 0 Å². The molecule has 5 nitrogen and oxygen atoms in total. The standard InChI is InChI=1S/C15H18N4O/c1-2-11-6-3-4-8-13(11)18-10-12-7-5-9-17-14(12)15(16)19-20/h3-9,18,20H,2,10H2,1H3,(H2,16,19). The summed E-state index contributed by atoms with van der Waals surface area (Å²) in [5, 5.41) is 15.2. The van der Waals surface area contributed by atoms with Crippen LogP contribution in [0.1, 0.15) is 23.7 Å². The van der Waals surface area contributed by atoms with Crippen molar-refractivity contribution < 1.29 is 5.21 Å². The van der Waals surface area contributed by atoms with Crippen LogP contribution in [0.15, 0.2) is 47.8 Å².